The van der Waals surface area contributed by atoms with Gasteiger partial charge in [-0.25, -0.2) is 12.7 Å². The summed E-state index contributed by atoms with van der Waals surface area (Å²) in [4.78, 5) is 25.2. The van der Waals surface area contributed by atoms with Gasteiger partial charge in [0.25, 0.3) is 11.8 Å². The molecule has 0 heterocycles. The maximum atomic E-state index is 12.9. The molecule has 0 aliphatic carbocycles. The molecule has 0 aliphatic heterocycles. The number of alkyl halides is 3. The lowest BCUT2D eigenvalue weighted by Crippen LogP contribution is -2.23. The zero-order valence-corrected chi connectivity index (χ0v) is 20.9. The first kappa shape index (κ1) is 27.7. The molecular formula is C25H24F3N3O5S. The van der Waals surface area contributed by atoms with Gasteiger partial charge in [0, 0.05) is 25.5 Å². The molecule has 2 amide bonds. The second-order valence-corrected chi connectivity index (χ2v) is 10.3. The molecule has 2 N–H and O–H groups in total. The highest BCUT2D eigenvalue weighted by Crippen LogP contribution is 2.30. The van der Waals surface area contributed by atoms with E-state index in [-0.39, 0.29) is 27.6 Å². The summed E-state index contributed by atoms with van der Waals surface area (Å²) in [5, 5.41) is 4.94. The van der Waals surface area contributed by atoms with Crippen molar-refractivity contribution in [3.05, 3.63) is 83.4 Å². The Kier molecular flexibility index (Phi) is 8.24. The van der Waals surface area contributed by atoms with Crippen LogP contribution in [0, 0.1) is 6.92 Å². The number of para-hydroxylation sites is 1. The van der Waals surface area contributed by atoms with Crippen LogP contribution in [0.2, 0.25) is 0 Å². The Morgan fingerprint density at radius 2 is 1.59 bits per heavy atom. The van der Waals surface area contributed by atoms with E-state index >= 15 is 0 Å². The fraction of sp³-hybridized carbons (Fsp3) is 0.200. The number of anilines is 2. The van der Waals surface area contributed by atoms with Crippen molar-refractivity contribution in [1.29, 1.82) is 0 Å². The van der Waals surface area contributed by atoms with E-state index in [9.17, 15) is 31.2 Å². The highest BCUT2D eigenvalue weighted by Gasteiger charge is 2.30. The molecule has 0 bridgehead atoms. The monoisotopic (exact) mass is 535 g/mol. The largest absolute Gasteiger partial charge is 0.483 e. The Bertz CT molecular complexity index is 1420. The summed E-state index contributed by atoms with van der Waals surface area (Å²) < 4.78 is 70.3. The fourth-order valence-electron chi connectivity index (χ4n) is 3.24. The van der Waals surface area contributed by atoms with E-state index in [1.54, 1.807) is 31.2 Å². The number of ether oxygens (including phenoxy) is 1. The van der Waals surface area contributed by atoms with Gasteiger partial charge in [-0.05, 0) is 55.0 Å². The second kappa shape index (κ2) is 11.0. The molecule has 0 fully saturated rings. The van der Waals surface area contributed by atoms with Gasteiger partial charge in [-0.3, -0.25) is 9.59 Å². The normalized spacial score (nSPS) is 11.8. The first-order valence-corrected chi connectivity index (χ1v) is 12.3. The van der Waals surface area contributed by atoms with Gasteiger partial charge < -0.3 is 15.4 Å². The van der Waals surface area contributed by atoms with Crippen molar-refractivity contribution in [2.24, 2.45) is 0 Å². The van der Waals surface area contributed by atoms with Crippen LogP contribution in [0.1, 0.15) is 21.5 Å². The van der Waals surface area contributed by atoms with Crippen molar-refractivity contribution in [3.63, 3.8) is 0 Å². The van der Waals surface area contributed by atoms with Crippen LogP contribution in [0.5, 0.6) is 5.75 Å². The van der Waals surface area contributed by atoms with Gasteiger partial charge in [-0.15, -0.1) is 0 Å². The predicted molar refractivity (Wildman–Crippen MR) is 132 cm³/mol. The van der Waals surface area contributed by atoms with Crippen molar-refractivity contribution in [1.82, 2.24) is 4.31 Å². The summed E-state index contributed by atoms with van der Waals surface area (Å²) in [5.41, 5.74) is -0.175. The molecule has 3 aromatic carbocycles. The SMILES string of the molecule is Cc1ccc(NC(=O)c2ccccc2OCC(=O)Nc2cccc(C(F)(F)F)c2)cc1S(=O)(=O)N(C)C. The third-order valence-electron chi connectivity index (χ3n) is 5.17. The lowest BCUT2D eigenvalue weighted by molar-refractivity contribution is -0.137. The maximum Gasteiger partial charge on any atom is 0.416 e. The molecule has 12 heteroatoms. The minimum atomic E-state index is -4.56. The van der Waals surface area contributed by atoms with Gasteiger partial charge >= 0.3 is 6.18 Å². The number of benzene rings is 3. The number of carbonyl (C=O) groups is 2. The Hall–Kier alpha value is -3.90. The van der Waals surface area contributed by atoms with E-state index in [0.717, 1.165) is 16.4 Å². The molecule has 37 heavy (non-hydrogen) atoms. The topological polar surface area (TPSA) is 105 Å². The van der Waals surface area contributed by atoms with Crippen molar-refractivity contribution < 1.29 is 35.9 Å². The minimum Gasteiger partial charge on any atom is -0.483 e. The quantitative estimate of drug-likeness (QED) is 0.441. The van der Waals surface area contributed by atoms with Crippen LogP contribution in [0.3, 0.4) is 0 Å². The average molecular weight is 536 g/mol. The smallest absolute Gasteiger partial charge is 0.416 e. The van der Waals surface area contributed by atoms with E-state index < -0.39 is 40.2 Å². The van der Waals surface area contributed by atoms with Crippen molar-refractivity contribution >= 4 is 33.2 Å². The number of hydrogen-bond acceptors (Lipinski definition) is 5. The lowest BCUT2D eigenvalue weighted by atomic mass is 10.1. The summed E-state index contributed by atoms with van der Waals surface area (Å²) in [6, 6.07) is 14.6. The summed E-state index contributed by atoms with van der Waals surface area (Å²) in [6.45, 7) is 1.06. The number of halogens is 3. The van der Waals surface area contributed by atoms with Gasteiger partial charge in [-0.1, -0.05) is 24.3 Å². The number of rotatable bonds is 8. The van der Waals surface area contributed by atoms with E-state index in [1.807, 2.05) is 0 Å². The number of amides is 2. The molecule has 0 spiro atoms. The molecule has 3 rings (SSSR count). The highest BCUT2D eigenvalue weighted by molar-refractivity contribution is 7.89. The summed E-state index contributed by atoms with van der Waals surface area (Å²) >= 11 is 0. The Morgan fingerprint density at radius 1 is 0.919 bits per heavy atom. The molecule has 196 valence electrons. The second-order valence-electron chi connectivity index (χ2n) is 8.13. The van der Waals surface area contributed by atoms with Crippen LogP contribution >= 0.6 is 0 Å². The molecule has 0 saturated heterocycles. The van der Waals surface area contributed by atoms with Crippen LogP contribution in [-0.2, 0) is 21.0 Å². The molecule has 0 atom stereocenters. The zero-order chi connectivity index (χ0) is 27.4. The first-order chi connectivity index (χ1) is 17.3. The molecule has 0 saturated carbocycles. The number of carbonyl (C=O) groups excluding carboxylic acids is 2. The number of nitrogens with one attached hydrogen (secondary N) is 2. The predicted octanol–water partition coefficient (Wildman–Crippen LogP) is 4.53. The molecule has 0 radical (unpaired) electrons. The van der Waals surface area contributed by atoms with Gasteiger partial charge in [0.1, 0.15) is 5.75 Å². The number of hydrogen-bond donors (Lipinski definition) is 2. The fourth-order valence-corrected chi connectivity index (χ4v) is 4.39. The van der Waals surface area contributed by atoms with Crippen LogP contribution in [0.4, 0.5) is 24.5 Å². The molecule has 0 aliphatic rings. The minimum absolute atomic E-state index is 0.0334. The molecule has 0 unspecified atom stereocenters. The molecule has 8 nitrogen and oxygen atoms in total. The van der Waals surface area contributed by atoms with E-state index in [4.69, 9.17) is 4.74 Å². The summed E-state index contributed by atoms with van der Waals surface area (Å²) in [5.74, 6) is -1.30. The van der Waals surface area contributed by atoms with Crippen LogP contribution < -0.4 is 15.4 Å². The van der Waals surface area contributed by atoms with Crippen LogP contribution in [0.25, 0.3) is 0 Å². The van der Waals surface area contributed by atoms with Gasteiger partial charge in [0.2, 0.25) is 10.0 Å². The Balaban J connectivity index is 1.72. The summed E-state index contributed by atoms with van der Waals surface area (Å²) in [6.07, 6.45) is -4.56. The number of aryl methyl sites for hydroxylation is 1. The number of sulfonamides is 1. The van der Waals surface area contributed by atoms with Gasteiger partial charge in [-0.2, -0.15) is 13.2 Å². The maximum absolute atomic E-state index is 12.9. The molecule has 0 aromatic heterocycles. The van der Waals surface area contributed by atoms with Crippen molar-refractivity contribution in [2.75, 3.05) is 31.3 Å². The van der Waals surface area contributed by atoms with E-state index in [2.05, 4.69) is 10.6 Å². The lowest BCUT2D eigenvalue weighted by Gasteiger charge is -2.16. The van der Waals surface area contributed by atoms with E-state index in [1.165, 1.54) is 44.4 Å². The van der Waals surface area contributed by atoms with E-state index in [0.29, 0.717) is 5.56 Å². The van der Waals surface area contributed by atoms with Crippen molar-refractivity contribution in [3.8, 4) is 5.75 Å². The van der Waals surface area contributed by atoms with Crippen molar-refractivity contribution in [2.45, 2.75) is 18.0 Å². The average Bonchev–Trinajstić information content (AvgIpc) is 2.83. The third kappa shape index (κ3) is 6.86. The molecular weight excluding hydrogens is 511 g/mol. The standard InChI is InChI=1S/C25H24F3N3O5S/c1-16-11-12-19(14-22(16)37(34,35)31(2)3)30-24(33)20-9-4-5-10-21(20)36-15-23(32)29-18-8-6-7-17(13-18)25(26,27)28/h4-14H,15H2,1-3H3,(H,29,32)(H,30,33). The molecule has 3 aromatic rings. The Morgan fingerprint density at radius 3 is 2.27 bits per heavy atom. The Labute approximate surface area is 212 Å². The zero-order valence-electron chi connectivity index (χ0n) is 20.1. The number of nitrogens with zero attached hydrogens (tertiary/aromatic N) is 1. The third-order valence-corrected chi connectivity index (χ3v) is 7.13. The highest BCUT2D eigenvalue weighted by atomic mass is 32.2. The van der Waals surface area contributed by atoms with Crippen LogP contribution in [-0.4, -0.2) is 45.2 Å². The first-order valence-electron chi connectivity index (χ1n) is 10.8. The van der Waals surface area contributed by atoms with Gasteiger partial charge in [0.05, 0.1) is 16.0 Å². The summed E-state index contributed by atoms with van der Waals surface area (Å²) in [7, 11) is -0.944. The van der Waals surface area contributed by atoms with Crippen LogP contribution in [0.15, 0.2) is 71.6 Å². The van der Waals surface area contributed by atoms with Gasteiger partial charge in [0.15, 0.2) is 6.61 Å².